The molecule has 1 amide bonds. The highest BCUT2D eigenvalue weighted by molar-refractivity contribution is 9.10. The topological polar surface area (TPSA) is 54.7 Å². The maximum atomic E-state index is 12.6. The van der Waals surface area contributed by atoms with E-state index >= 15 is 0 Å². The average molecular weight is 395 g/mol. The van der Waals surface area contributed by atoms with Gasteiger partial charge in [-0.2, -0.15) is 0 Å². The molecular weight excluding hydrogens is 372 g/mol. The fourth-order valence-electron chi connectivity index (χ4n) is 3.54. The fourth-order valence-corrected chi connectivity index (χ4v) is 3.94. The molecule has 6 heteroatoms. The van der Waals surface area contributed by atoms with Crippen molar-refractivity contribution in [1.82, 2.24) is 10.2 Å². The van der Waals surface area contributed by atoms with Gasteiger partial charge in [-0.15, -0.1) is 0 Å². The molecule has 3 rings (SSSR count). The Morgan fingerprint density at radius 2 is 2.04 bits per heavy atom. The Labute approximate surface area is 150 Å². The number of carbonyl (C=O) groups is 1. The number of carbonyl (C=O) groups excluding carboxylic acids is 1. The minimum Gasteiger partial charge on any atom is -0.496 e. The van der Waals surface area contributed by atoms with Crippen LogP contribution in [0, 0.1) is 0 Å². The lowest BCUT2D eigenvalue weighted by Gasteiger charge is -2.36. The van der Waals surface area contributed by atoms with E-state index in [9.17, 15) is 4.79 Å². The van der Waals surface area contributed by atoms with E-state index in [-0.39, 0.29) is 11.4 Å². The maximum Gasteiger partial charge on any atom is 0.251 e. The first-order valence-electron chi connectivity index (χ1n) is 8.18. The molecule has 24 heavy (non-hydrogen) atoms. The summed E-state index contributed by atoms with van der Waals surface area (Å²) in [6.45, 7) is 0.654. The van der Waals surface area contributed by atoms with Crippen molar-refractivity contribution in [2.24, 2.45) is 0 Å². The zero-order valence-corrected chi connectivity index (χ0v) is 15.9. The van der Waals surface area contributed by atoms with Crippen molar-refractivity contribution in [3.05, 3.63) is 28.4 Å². The van der Waals surface area contributed by atoms with Crippen LogP contribution < -0.4 is 10.1 Å². The van der Waals surface area contributed by atoms with Gasteiger partial charge in [-0.25, -0.2) is 0 Å². The molecule has 1 N–H and O–H groups in total. The summed E-state index contributed by atoms with van der Waals surface area (Å²) in [5.41, 5.74) is 1.25. The van der Waals surface area contributed by atoms with Gasteiger partial charge in [-0.05, 0) is 55.0 Å². The average Bonchev–Trinajstić information content (AvgIpc) is 3.17. The summed E-state index contributed by atoms with van der Waals surface area (Å²) < 4.78 is 11.6. The smallest absolute Gasteiger partial charge is 0.251 e. The van der Waals surface area contributed by atoms with Crippen molar-refractivity contribution in [1.29, 1.82) is 0 Å². The first-order chi connectivity index (χ1) is 11.4. The van der Waals surface area contributed by atoms with Crippen LogP contribution in [0.25, 0.3) is 11.0 Å². The second kappa shape index (κ2) is 6.76. The second-order valence-electron chi connectivity index (χ2n) is 6.65. The Morgan fingerprint density at radius 1 is 1.33 bits per heavy atom. The lowest BCUT2D eigenvalue weighted by atomic mass is 9.96. The standard InChI is InChI=1S/C18H23BrN2O3/c1-21(2)18(6-4-5-7-18)11-20-17(22)12-8-14(23-3)13-10-16(19)24-15(13)9-12/h8-10H,4-7,11H2,1-3H3,(H,20,22). The molecule has 1 aliphatic rings. The third kappa shape index (κ3) is 3.17. The Hall–Kier alpha value is -1.53. The number of benzene rings is 1. The van der Waals surface area contributed by atoms with Gasteiger partial charge in [0.25, 0.3) is 5.91 Å². The molecule has 0 unspecified atom stereocenters. The van der Waals surface area contributed by atoms with Crippen molar-refractivity contribution in [2.45, 2.75) is 31.2 Å². The van der Waals surface area contributed by atoms with Gasteiger partial charge in [-0.1, -0.05) is 12.8 Å². The molecule has 0 radical (unpaired) electrons. The summed E-state index contributed by atoms with van der Waals surface area (Å²) in [5, 5.41) is 3.94. The van der Waals surface area contributed by atoms with Crippen molar-refractivity contribution in [3.8, 4) is 5.75 Å². The Kier molecular flexibility index (Phi) is 4.88. The number of hydrogen-bond donors (Lipinski definition) is 1. The number of ether oxygens (including phenoxy) is 1. The summed E-state index contributed by atoms with van der Waals surface area (Å²) in [6.07, 6.45) is 4.67. The maximum absolute atomic E-state index is 12.6. The summed E-state index contributed by atoms with van der Waals surface area (Å²) in [5.74, 6) is 0.533. The quantitative estimate of drug-likeness (QED) is 0.837. The fraction of sp³-hybridized carbons (Fsp3) is 0.500. The van der Waals surface area contributed by atoms with Crippen LogP contribution in [0.15, 0.2) is 27.3 Å². The molecule has 2 aromatic rings. The normalized spacial score (nSPS) is 16.7. The molecule has 0 aliphatic heterocycles. The number of amides is 1. The number of rotatable bonds is 5. The molecule has 1 aromatic carbocycles. The number of nitrogens with zero attached hydrogens (tertiary/aromatic N) is 1. The van der Waals surface area contributed by atoms with Gasteiger partial charge < -0.3 is 19.4 Å². The highest BCUT2D eigenvalue weighted by atomic mass is 79.9. The minimum absolute atomic E-state index is 0.0670. The number of fused-ring (bicyclic) bond motifs is 1. The van der Waals surface area contributed by atoms with Crippen LogP contribution in [0.5, 0.6) is 5.75 Å². The van der Waals surface area contributed by atoms with Crippen LogP contribution in [-0.4, -0.2) is 44.1 Å². The van der Waals surface area contributed by atoms with Crippen LogP contribution in [0.3, 0.4) is 0 Å². The highest BCUT2D eigenvalue weighted by Crippen LogP contribution is 2.34. The number of methoxy groups -OCH3 is 1. The summed E-state index contributed by atoms with van der Waals surface area (Å²) in [6, 6.07) is 5.36. The Morgan fingerprint density at radius 3 is 2.67 bits per heavy atom. The van der Waals surface area contributed by atoms with Gasteiger partial charge >= 0.3 is 0 Å². The summed E-state index contributed by atoms with van der Waals surface area (Å²) >= 11 is 3.32. The van der Waals surface area contributed by atoms with Crippen molar-refractivity contribution in [3.63, 3.8) is 0 Å². The lowest BCUT2D eigenvalue weighted by molar-refractivity contribution is 0.0899. The number of furan rings is 1. The van der Waals surface area contributed by atoms with E-state index < -0.39 is 0 Å². The second-order valence-corrected chi connectivity index (χ2v) is 7.43. The van der Waals surface area contributed by atoms with E-state index in [1.165, 1.54) is 12.8 Å². The van der Waals surface area contributed by atoms with E-state index in [0.717, 1.165) is 18.2 Å². The largest absolute Gasteiger partial charge is 0.496 e. The molecule has 1 fully saturated rings. The molecular formula is C18H23BrN2O3. The van der Waals surface area contributed by atoms with Crippen molar-refractivity contribution >= 4 is 32.8 Å². The van der Waals surface area contributed by atoms with Gasteiger partial charge in [0.1, 0.15) is 11.3 Å². The zero-order chi connectivity index (χ0) is 17.3. The van der Waals surface area contributed by atoms with Crippen LogP contribution in [0.4, 0.5) is 0 Å². The zero-order valence-electron chi connectivity index (χ0n) is 14.3. The molecule has 1 aliphatic carbocycles. The monoisotopic (exact) mass is 394 g/mol. The SMILES string of the molecule is COc1cc(C(=O)NCC2(N(C)C)CCCC2)cc2oc(Br)cc12. The number of nitrogens with one attached hydrogen (secondary N) is 1. The van der Waals surface area contributed by atoms with E-state index in [1.807, 2.05) is 6.07 Å². The van der Waals surface area contributed by atoms with Gasteiger partial charge in [0.2, 0.25) is 0 Å². The number of hydrogen-bond acceptors (Lipinski definition) is 4. The van der Waals surface area contributed by atoms with Gasteiger partial charge in [0.05, 0.1) is 12.5 Å². The van der Waals surface area contributed by atoms with Crippen molar-refractivity contribution in [2.75, 3.05) is 27.7 Å². The molecule has 1 heterocycles. The Balaban J connectivity index is 1.81. The molecule has 0 atom stereocenters. The van der Waals surface area contributed by atoms with E-state index in [0.29, 0.717) is 28.1 Å². The van der Waals surface area contributed by atoms with Gasteiger partial charge in [-0.3, -0.25) is 4.79 Å². The molecule has 5 nitrogen and oxygen atoms in total. The van der Waals surface area contributed by atoms with Crippen molar-refractivity contribution < 1.29 is 13.9 Å². The molecule has 0 bridgehead atoms. The van der Waals surface area contributed by atoms with E-state index in [1.54, 1.807) is 19.2 Å². The first kappa shape index (κ1) is 17.3. The minimum atomic E-state index is -0.101. The predicted octanol–water partition coefficient (Wildman–Crippen LogP) is 3.81. The Bertz CT molecular complexity index is 748. The van der Waals surface area contributed by atoms with Gasteiger partial charge in [0, 0.05) is 23.7 Å². The van der Waals surface area contributed by atoms with Crippen LogP contribution >= 0.6 is 15.9 Å². The highest BCUT2D eigenvalue weighted by Gasteiger charge is 2.36. The van der Waals surface area contributed by atoms with E-state index in [4.69, 9.17) is 9.15 Å². The summed E-state index contributed by atoms with van der Waals surface area (Å²) in [7, 11) is 5.77. The third-order valence-electron chi connectivity index (χ3n) is 5.11. The van der Waals surface area contributed by atoms with Crippen LogP contribution in [0.1, 0.15) is 36.0 Å². The van der Waals surface area contributed by atoms with Crippen LogP contribution in [-0.2, 0) is 0 Å². The summed E-state index contributed by atoms with van der Waals surface area (Å²) in [4.78, 5) is 14.9. The predicted molar refractivity (Wildman–Crippen MR) is 97.7 cm³/mol. The molecule has 0 saturated heterocycles. The molecule has 0 spiro atoms. The van der Waals surface area contributed by atoms with E-state index in [2.05, 4.69) is 40.2 Å². The molecule has 130 valence electrons. The molecule has 1 saturated carbocycles. The first-order valence-corrected chi connectivity index (χ1v) is 8.97. The van der Waals surface area contributed by atoms with Crippen LogP contribution in [0.2, 0.25) is 0 Å². The lowest BCUT2D eigenvalue weighted by Crippen LogP contribution is -2.50. The molecule has 1 aromatic heterocycles. The van der Waals surface area contributed by atoms with Gasteiger partial charge in [0.15, 0.2) is 4.67 Å². The number of halogens is 1. The third-order valence-corrected chi connectivity index (χ3v) is 5.50. The number of likely N-dealkylation sites (N-methyl/N-ethyl adjacent to an activating group) is 1.